The Morgan fingerprint density at radius 2 is 1.90 bits per heavy atom. The lowest BCUT2D eigenvalue weighted by molar-refractivity contribution is 0.00297. The molecule has 4 aliphatic carbocycles. The third-order valence-electron chi connectivity index (χ3n) is 8.15. The van der Waals surface area contributed by atoms with E-state index in [0.717, 1.165) is 23.7 Å². The number of fused-ring (bicyclic) bond motifs is 5. The Labute approximate surface area is 131 Å². The maximum Gasteiger partial charge on any atom is 0.00393 e. The minimum atomic E-state index is 0.537. The Hall–Kier alpha value is -0.520. The molecule has 116 valence electrons. The SMILES string of the molecule is CC[C@H]1C=C[C@H]2C3=CCC4CCCC[C@]4(C)[C@H]3CC[C@]12C. The number of rotatable bonds is 1. The zero-order valence-corrected chi connectivity index (χ0v) is 14.2. The van der Waals surface area contributed by atoms with E-state index in [1.807, 2.05) is 5.57 Å². The number of allylic oxidation sites excluding steroid dienone is 4. The molecule has 0 heteroatoms. The molecule has 0 bridgehead atoms. The molecule has 0 N–H and O–H groups in total. The van der Waals surface area contributed by atoms with Gasteiger partial charge < -0.3 is 0 Å². The van der Waals surface area contributed by atoms with Crippen LogP contribution in [0.1, 0.15) is 72.1 Å². The summed E-state index contributed by atoms with van der Waals surface area (Å²) in [6, 6.07) is 0. The van der Waals surface area contributed by atoms with Gasteiger partial charge in [0.1, 0.15) is 0 Å². The first kappa shape index (κ1) is 14.1. The average molecular weight is 284 g/mol. The molecular weight excluding hydrogens is 252 g/mol. The van der Waals surface area contributed by atoms with Crippen LogP contribution in [0.3, 0.4) is 0 Å². The Morgan fingerprint density at radius 1 is 1.05 bits per heavy atom. The van der Waals surface area contributed by atoms with Crippen LogP contribution >= 0.6 is 0 Å². The van der Waals surface area contributed by atoms with Crippen molar-refractivity contribution in [1.29, 1.82) is 0 Å². The van der Waals surface area contributed by atoms with Gasteiger partial charge in [0.25, 0.3) is 0 Å². The smallest absolute Gasteiger partial charge is 0.00393 e. The fraction of sp³-hybridized carbons (Fsp3) is 0.810. The minimum Gasteiger partial charge on any atom is -0.0842 e. The van der Waals surface area contributed by atoms with E-state index in [-0.39, 0.29) is 0 Å². The van der Waals surface area contributed by atoms with Crippen molar-refractivity contribution in [1.82, 2.24) is 0 Å². The van der Waals surface area contributed by atoms with E-state index >= 15 is 0 Å². The van der Waals surface area contributed by atoms with Crippen LogP contribution in [0.15, 0.2) is 23.8 Å². The topological polar surface area (TPSA) is 0 Å². The molecule has 0 spiro atoms. The third kappa shape index (κ3) is 1.80. The van der Waals surface area contributed by atoms with Gasteiger partial charge in [-0.1, -0.05) is 57.4 Å². The second kappa shape index (κ2) is 4.74. The highest BCUT2D eigenvalue weighted by Gasteiger charge is 2.55. The third-order valence-corrected chi connectivity index (χ3v) is 8.15. The summed E-state index contributed by atoms with van der Waals surface area (Å²) in [5.74, 6) is 3.47. The highest BCUT2D eigenvalue weighted by atomic mass is 14.6. The molecule has 0 aliphatic heterocycles. The molecule has 4 aliphatic rings. The molecular formula is C21H32. The molecule has 6 atom stereocenters. The van der Waals surface area contributed by atoms with Crippen molar-refractivity contribution in [3.63, 3.8) is 0 Å². The van der Waals surface area contributed by atoms with Crippen molar-refractivity contribution in [2.24, 2.45) is 34.5 Å². The van der Waals surface area contributed by atoms with Crippen molar-refractivity contribution in [2.45, 2.75) is 72.1 Å². The van der Waals surface area contributed by atoms with Crippen molar-refractivity contribution in [2.75, 3.05) is 0 Å². The summed E-state index contributed by atoms with van der Waals surface area (Å²) in [5, 5.41) is 0. The summed E-state index contributed by atoms with van der Waals surface area (Å²) >= 11 is 0. The van der Waals surface area contributed by atoms with E-state index in [1.165, 1.54) is 51.4 Å². The normalized spacial score (nSPS) is 51.9. The number of hydrogen-bond donors (Lipinski definition) is 0. The first-order chi connectivity index (χ1) is 10.1. The highest BCUT2D eigenvalue weighted by Crippen LogP contribution is 2.64. The number of hydrogen-bond acceptors (Lipinski definition) is 0. The largest absolute Gasteiger partial charge is 0.0842 e. The van der Waals surface area contributed by atoms with Crippen molar-refractivity contribution in [3.8, 4) is 0 Å². The molecule has 21 heavy (non-hydrogen) atoms. The van der Waals surface area contributed by atoms with Gasteiger partial charge in [-0.3, -0.25) is 0 Å². The van der Waals surface area contributed by atoms with Crippen molar-refractivity contribution in [3.05, 3.63) is 23.8 Å². The minimum absolute atomic E-state index is 0.537. The Morgan fingerprint density at radius 3 is 2.71 bits per heavy atom. The van der Waals surface area contributed by atoms with Gasteiger partial charge in [0.05, 0.1) is 0 Å². The predicted molar refractivity (Wildman–Crippen MR) is 90.0 cm³/mol. The molecule has 4 rings (SSSR count). The standard InChI is InChI=1S/C21H32/c1-4-15-9-11-18-17-10-8-16-7-5-6-13-20(16,2)19(17)12-14-21(15,18)3/h9-11,15-16,18-19H,4-8,12-14H2,1-3H3/t15-,16?,18-,19-,20-,21+/m0/s1. The van der Waals surface area contributed by atoms with Gasteiger partial charge in [0, 0.05) is 5.92 Å². The molecule has 0 aromatic heterocycles. The summed E-state index contributed by atoms with van der Waals surface area (Å²) < 4.78 is 0. The molecule has 2 fully saturated rings. The van der Waals surface area contributed by atoms with Crippen molar-refractivity contribution < 1.29 is 0 Å². The van der Waals surface area contributed by atoms with Crippen LogP contribution in [0, 0.1) is 34.5 Å². The summed E-state index contributed by atoms with van der Waals surface area (Å²) in [6.45, 7) is 7.60. The maximum atomic E-state index is 2.70. The lowest BCUT2D eigenvalue weighted by atomic mass is 9.48. The zero-order valence-electron chi connectivity index (χ0n) is 14.2. The molecule has 0 heterocycles. The Bertz CT molecular complexity index is 484. The monoisotopic (exact) mass is 284 g/mol. The van der Waals surface area contributed by atoms with Gasteiger partial charge in [-0.15, -0.1) is 0 Å². The fourth-order valence-electron chi connectivity index (χ4n) is 6.72. The molecule has 2 saturated carbocycles. The van der Waals surface area contributed by atoms with Crippen LogP contribution in [0.5, 0.6) is 0 Å². The van der Waals surface area contributed by atoms with Crippen molar-refractivity contribution >= 4 is 0 Å². The molecule has 0 radical (unpaired) electrons. The first-order valence-corrected chi connectivity index (χ1v) is 9.48. The Balaban J connectivity index is 1.70. The van der Waals surface area contributed by atoms with Crippen LogP contribution in [0.4, 0.5) is 0 Å². The Kier molecular flexibility index (Phi) is 3.18. The second-order valence-electron chi connectivity index (χ2n) is 8.86. The summed E-state index contributed by atoms with van der Waals surface area (Å²) in [6.07, 6.45) is 19.4. The van der Waals surface area contributed by atoms with Crippen LogP contribution < -0.4 is 0 Å². The van der Waals surface area contributed by atoms with Gasteiger partial charge in [0.2, 0.25) is 0 Å². The summed E-state index contributed by atoms with van der Waals surface area (Å²) in [4.78, 5) is 0. The molecule has 0 aromatic carbocycles. The molecule has 0 nitrogen and oxygen atoms in total. The van der Waals surface area contributed by atoms with Crippen LogP contribution in [0.2, 0.25) is 0 Å². The van der Waals surface area contributed by atoms with Crippen LogP contribution in [-0.2, 0) is 0 Å². The van der Waals surface area contributed by atoms with Crippen LogP contribution in [-0.4, -0.2) is 0 Å². The zero-order chi connectivity index (χ0) is 14.7. The molecule has 0 amide bonds. The average Bonchev–Trinajstić information content (AvgIpc) is 2.83. The summed E-state index contributed by atoms with van der Waals surface area (Å²) in [7, 11) is 0. The fourth-order valence-corrected chi connectivity index (χ4v) is 6.72. The van der Waals surface area contributed by atoms with E-state index in [2.05, 4.69) is 39.0 Å². The van der Waals surface area contributed by atoms with E-state index in [4.69, 9.17) is 0 Å². The van der Waals surface area contributed by atoms with E-state index < -0.39 is 0 Å². The lowest BCUT2D eigenvalue weighted by Gasteiger charge is -2.57. The second-order valence-corrected chi connectivity index (χ2v) is 8.86. The first-order valence-electron chi connectivity index (χ1n) is 9.48. The van der Waals surface area contributed by atoms with E-state index in [0.29, 0.717) is 10.8 Å². The van der Waals surface area contributed by atoms with Gasteiger partial charge in [-0.25, -0.2) is 0 Å². The van der Waals surface area contributed by atoms with Gasteiger partial charge >= 0.3 is 0 Å². The van der Waals surface area contributed by atoms with Gasteiger partial charge in [-0.05, 0) is 67.1 Å². The van der Waals surface area contributed by atoms with E-state index in [1.54, 1.807) is 0 Å². The van der Waals surface area contributed by atoms with Gasteiger partial charge in [0.15, 0.2) is 0 Å². The highest BCUT2D eigenvalue weighted by molar-refractivity contribution is 5.33. The van der Waals surface area contributed by atoms with E-state index in [9.17, 15) is 0 Å². The summed E-state index contributed by atoms with van der Waals surface area (Å²) in [5.41, 5.74) is 3.02. The molecule has 0 saturated heterocycles. The molecule has 0 aromatic rings. The van der Waals surface area contributed by atoms with Crippen LogP contribution in [0.25, 0.3) is 0 Å². The quantitative estimate of drug-likeness (QED) is 0.507. The predicted octanol–water partition coefficient (Wildman–Crippen LogP) is 6.14. The molecule has 1 unspecified atom stereocenters. The van der Waals surface area contributed by atoms with Gasteiger partial charge in [-0.2, -0.15) is 0 Å². The lowest BCUT2D eigenvalue weighted by Crippen LogP contribution is -2.48. The maximum absolute atomic E-state index is 2.70.